The Morgan fingerprint density at radius 3 is 2.19 bits per heavy atom. The summed E-state index contributed by atoms with van der Waals surface area (Å²) in [6.45, 7) is -0.178. The molecule has 180 valence electrons. The van der Waals surface area contributed by atoms with Gasteiger partial charge in [-0.2, -0.15) is 0 Å². The fraction of sp³-hybridized carbons (Fsp3) is 1.00. The second-order valence-electron chi connectivity index (χ2n) is 7.46. The molecule has 0 saturated carbocycles. The molecule has 8 N–H and O–H groups in total. The molecule has 10 atom stereocenters. The zero-order valence-corrected chi connectivity index (χ0v) is 17.0. The van der Waals surface area contributed by atoms with Crippen LogP contribution in [0.15, 0.2) is 5.11 Å². The molecule has 0 spiro atoms. The lowest BCUT2D eigenvalue weighted by Gasteiger charge is -2.46. The van der Waals surface area contributed by atoms with Crippen molar-refractivity contribution in [1.29, 1.82) is 0 Å². The van der Waals surface area contributed by atoms with Crippen LogP contribution in [-0.4, -0.2) is 118 Å². The summed E-state index contributed by atoms with van der Waals surface area (Å²) in [5.41, 5.74) is 14.1. The van der Waals surface area contributed by atoms with Gasteiger partial charge in [0.2, 0.25) is 0 Å². The Morgan fingerprint density at radius 1 is 0.871 bits per heavy atom. The molecule has 0 radical (unpaired) electrons. The molecule has 2 fully saturated rings. The van der Waals surface area contributed by atoms with Crippen LogP contribution in [-0.2, 0) is 18.9 Å². The van der Waals surface area contributed by atoms with E-state index in [0.717, 1.165) is 12.8 Å². The van der Waals surface area contributed by atoms with E-state index in [-0.39, 0.29) is 13.2 Å². The van der Waals surface area contributed by atoms with Crippen LogP contribution < -0.4 is 5.73 Å². The second-order valence-corrected chi connectivity index (χ2v) is 7.46. The Hall–Kier alpha value is -1.13. The van der Waals surface area contributed by atoms with Gasteiger partial charge >= 0.3 is 0 Å². The third kappa shape index (κ3) is 6.68. The van der Waals surface area contributed by atoms with Crippen LogP contribution in [0.1, 0.15) is 19.3 Å². The molecule has 0 aromatic heterocycles. The number of aliphatic hydroxyl groups is 6. The van der Waals surface area contributed by atoms with Gasteiger partial charge in [-0.1, -0.05) is 5.11 Å². The first-order chi connectivity index (χ1) is 14.8. The lowest BCUT2D eigenvalue weighted by Crippen LogP contribution is -2.64. The molecule has 0 bridgehead atoms. The van der Waals surface area contributed by atoms with Crippen LogP contribution in [0.5, 0.6) is 0 Å². The minimum absolute atomic E-state index is 0.237. The molecule has 4 unspecified atom stereocenters. The molecule has 2 rings (SSSR count). The molecular weight excluding hydrogens is 420 g/mol. The van der Waals surface area contributed by atoms with Crippen LogP contribution in [0.25, 0.3) is 10.4 Å². The maximum Gasteiger partial charge on any atom is 0.187 e. The topological polar surface area (TPSA) is 233 Å². The SMILES string of the molecule is [N-]=[N+]=NCC1O[C@@H](OCCCCCN)C(O)[C@@H](O)[C@@H]1O[C@@H]1OC(CO)[C@H](O)[C@H](O)C1O. The highest BCUT2D eigenvalue weighted by Crippen LogP contribution is 2.30. The quantitative estimate of drug-likeness (QED) is 0.0725. The number of nitrogens with zero attached hydrogens (tertiary/aromatic N) is 3. The maximum absolute atomic E-state index is 10.6. The number of unbranched alkanes of at least 4 members (excludes halogenated alkanes) is 2. The fourth-order valence-electron chi connectivity index (χ4n) is 3.43. The minimum atomic E-state index is -1.72. The van der Waals surface area contributed by atoms with Crippen LogP contribution in [0, 0.1) is 0 Å². The summed E-state index contributed by atoms with van der Waals surface area (Å²) in [6.07, 6.45) is -12.3. The molecular formula is C17H32N4O10. The van der Waals surface area contributed by atoms with E-state index in [4.69, 9.17) is 30.2 Å². The zero-order valence-electron chi connectivity index (χ0n) is 17.0. The molecule has 2 aliphatic rings. The Labute approximate surface area is 178 Å². The number of ether oxygens (including phenoxy) is 4. The number of azide groups is 1. The number of nitrogens with two attached hydrogens (primary N) is 1. The summed E-state index contributed by atoms with van der Waals surface area (Å²) in [5.74, 6) is 0. The summed E-state index contributed by atoms with van der Waals surface area (Å²) in [7, 11) is 0. The van der Waals surface area contributed by atoms with Gasteiger partial charge in [0.1, 0.15) is 42.7 Å². The standard InChI is InChI=1S/C17H32N4O10/c18-4-2-1-3-5-28-16-14(27)12(25)15(8(29-16)6-20-21-19)31-17-13(26)11(24)10(23)9(7-22)30-17/h8-17,22-27H,1-7,18H2/t8?,9?,10-,11-,12+,13?,14?,15+,16+,17-/m0/s1. The highest BCUT2D eigenvalue weighted by molar-refractivity contribution is 4.94. The molecule has 2 saturated heterocycles. The molecule has 0 amide bonds. The van der Waals surface area contributed by atoms with Crippen molar-refractivity contribution in [1.82, 2.24) is 0 Å². The van der Waals surface area contributed by atoms with Gasteiger partial charge in [-0.25, -0.2) is 0 Å². The van der Waals surface area contributed by atoms with E-state index in [1.165, 1.54) is 0 Å². The molecule has 14 heteroatoms. The molecule has 31 heavy (non-hydrogen) atoms. The first-order valence-electron chi connectivity index (χ1n) is 10.2. The van der Waals surface area contributed by atoms with E-state index in [1.807, 2.05) is 0 Å². The normalized spacial score (nSPS) is 41.0. The van der Waals surface area contributed by atoms with Crippen molar-refractivity contribution < 1.29 is 49.6 Å². The van der Waals surface area contributed by atoms with Crippen molar-refractivity contribution in [2.75, 3.05) is 26.3 Å². The fourth-order valence-corrected chi connectivity index (χ4v) is 3.43. The van der Waals surface area contributed by atoms with Gasteiger partial charge in [0.15, 0.2) is 12.6 Å². The largest absolute Gasteiger partial charge is 0.394 e. The van der Waals surface area contributed by atoms with Gasteiger partial charge in [-0.3, -0.25) is 0 Å². The molecule has 2 heterocycles. The Morgan fingerprint density at radius 2 is 1.55 bits per heavy atom. The van der Waals surface area contributed by atoms with Gasteiger partial charge in [-0.15, -0.1) is 0 Å². The van der Waals surface area contributed by atoms with E-state index in [9.17, 15) is 30.6 Å². The number of rotatable bonds is 11. The lowest BCUT2D eigenvalue weighted by molar-refractivity contribution is -0.356. The first-order valence-corrected chi connectivity index (χ1v) is 10.2. The number of aliphatic hydroxyl groups excluding tert-OH is 6. The highest BCUT2D eigenvalue weighted by Gasteiger charge is 2.50. The van der Waals surface area contributed by atoms with Crippen molar-refractivity contribution in [3.63, 3.8) is 0 Å². The summed E-state index contributed by atoms with van der Waals surface area (Å²) in [6, 6.07) is 0. The summed E-state index contributed by atoms with van der Waals surface area (Å²) in [5, 5.41) is 63.7. The lowest BCUT2D eigenvalue weighted by atomic mass is 9.97. The molecule has 0 aliphatic carbocycles. The van der Waals surface area contributed by atoms with Gasteiger partial charge < -0.3 is 55.3 Å². The number of hydrogen-bond acceptors (Lipinski definition) is 12. The van der Waals surface area contributed by atoms with Crippen LogP contribution in [0.3, 0.4) is 0 Å². The van der Waals surface area contributed by atoms with E-state index >= 15 is 0 Å². The van der Waals surface area contributed by atoms with E-state index in [1.54, 1.807) is 0 Å². The predicted octanol–water partition coefficient (Wildman–Crippen LogP) is -2.93. The van der Waals surface area contributed by atoms with Gasteiger partial charge in [0.05, 0.1) is 19.3 Å². The van der Waals surface area contributed by atoms with E-state index < -0.39 is 68.0 Å². The Bertz CT molecular complexity index is 581. The third-order valence-electron chi connectivity index (χ3n) is 5.24. The predicted molar refractivity (Wildman–Crippen MR) is 102 cm³/mol. The zero-order chi connectivity index (χ0) is 23.0. The van der Waals surface area contributed by atoms with Crippen LogP contribution >= 0.6 is 0 Å². The third-order valence-corrected chi connectivity index (χ3v) is 5.24. The Balaban J connectivity index is 2.07. The molecule has 14 nitrogen and oxygen atoms in total. The molecule has 2 aliphatic heterocycles. The number of hydrogen-bond donors (Lipinski definition) is 7. The Kier molecular flexibility index (Phi) is 10.8. The van der Waals surface area contributed by atoms with Crippen LogP contribution in [0.2, 0.25) is 0 Å². The van der Waals surface area contributed by atoms with Crippen LogP contribution in [0.4, 0.5) is 0 Å². The monoisotopic (exact) mass is 452 g/mol. The first kappa shape index (κ1) is 26.1. The van der Waals surface area contributed by atoms with E-state index in [0.29, 0.717) is 13.0 Å². The van der Waals surface area contributed by atoms with Crippen molar-refractivity contribution >= 4 is 0 Å². The molecule has 0 aromatic rings. The second kappa shape index (κ2) is 12.8. The minimum Gasteiger partial charge on any atom is -0.394 e. The van der Waals surface area contributed by atoms with Gasteiger partial charge in [0.25, 0.3) is 0 Å². The summed E-state index contributed by atoms with van der Waals surface area (Å²) >= 11 is 0. The summed E-state index contributed by atoms with van der Waals surface area (Å²) in [4.78, 5) is 2.64. The van der Waals surface area contributed by atoms with Crippen molar-refractivity contribution in [3.05, 3.63) is 10.4 Å². The van der Waals surface area contributed by atoms with Crippen molar-refractivity contribution in [2.24, 2.45) is 10.8 Å². The van der Waals surface area contributed by atoms with Gasteiger partial charge in [-0.05, 0) is 31.3 Å². The summed E-state index contributed by atoms with van der Waals surface area (Å²) < 4.78 is 21.9. The molecule has 0 aromatic carbocycles. The van der Waals surface area contributed by atoms with Gasteiger partial charge in [0, 0.05) is 11.5 Å². The maximum atomic E-state index is 10.6. The van der Waals surface area contributed by atoms with Crippen molar-refractivity contribution in [3.8, 4) is 0 Å². The van der Waals surface area contributed by atoms with E-state index in [2.05, 4.69) is 10.0 Å². The average Bonchev–Trinajstić information content (AvgIpc) is 2.77. The van der Waals surface area contributed by atoms with Crippen molar-refractivity contribution in [2.45, 2.75) is 80.7 Å². The smallest absolute Gasteiger partial charge is 0.187 e. The average molecular weight is 452 g/mol. The highest BCUT2D eigenvalue weighted by atomic mass is 16.7.